The molecule has 0 aromatic carbocycles. The van der Waals surface area contributed by atoms with Gasteiger partial charge in [0.05, 0.1) is 12.7 Å². The molecule has 1 rings (SSSR count). The number of nitrogens with zero attached hydrogens (tertiary/aromatic N) is 1. The molecule has 1 aliphatic heterocycles. The molecule has 1 atom stereocenters. The summed E-state index contributed by atoms with van der Waals surface area (Å²) in [6.45, 7) is 2.05. The minimum absolute atomic E-state index is 0.135. The molecule has 1 aliphatic rings. The maximum atomic E-state index is 11.8. The Kier molecular flexibility index (Phi) is 3.20. The smallest absolute Gasteiger partial charge is 0.241 e. The Bertz CT molecular complexity index is 119. The molecule has 0 amide bonds. The van der Waals surface area contributed by atoms with E-state index in [2.05, 4.69) is 0 Å². The molecule has 1 saturated heterocycles. The fourth-order valence-corrected chi connectivity index (χ4v) is 1.21. The van der Waals surface area contributed by atoms with Crippen LogP contribution in [0.2, 0.25) is 0 Å². The van der Waals surface area contributed by atoms with Crippen molar-refractivity contribution in [3.63, 3.8) is 0 Å². The summed E-state index contributed by atoms with van der Waals surface area (Å²) in [4.78, 5) is 2.01. The van der Waals surface area contributed by atoms with Crippen molar-refractivity contribution >= 4 is 0 Å². The molecular formula is C7H13F2NO. The Labute approximate surface area is 65.1 Å². The zero-order chi connectivity index (χ0) is 8.27. The molecular weight excluding hydrogens is 152 g/mol. The predicted octanol–water partition coefficient (Wildman–Crippen LogP) is 0.972. The Morgan fingerprint density at radius 3 is 2.91 bits per heavy atom. The van der Waals surface area contributed by atoms with Gasteiger partial charge in [0, 0.05) is 19.5 Å². The van der Waals surface area contributed by atoms with Crippen LogP contribution in [-0.2, 0) is 4.74 Å². The summed E-state index contributed by atoms with van der Waals surface area (Å²) in [6, 6.07) is 0. The normalized spacial score (nSPS) is 27.8. The first-order chi connectivity index (χ1) is 5.18. The van der Waals surface area contributed by atoms with E-state index in [1.54, 1.807) is 0 Å². The maximum absolute atomic E-state index is 11.8. The van der Waals surface area contributed by atoms with Crippen LogP contribution in [-0.4, -0.2) is 44.2 Å². The topological polar surface area (TPSA) is 12.5 Å². The molecule has 0 N–H and O–H groups in total. The molecule has 2 nitrogen and oxygen atoms in total. The van der Waals surface area contributed by atoms with Crippen LogP contribution in [0.4, 0.5) is 8.78 Å². The molecule has 1 heterocycles. The second kappa shape index (κ2) is 3.97. The van der Waals surface area contributed by atoms with Gasteiger partial charge < -0.3 is 9.64 Å². The van der Waals surface area contributed by atoms with Gasteiger partial charge in [-0.25, -0.2) is 8.78 Å². The highest BCUT2D eigenvalue weighted by atomic mass is 19.3. The van der Waals surface area contributed by atoms with Crippen LogP contribution >= 0.6 is 0 Å². The first-order valence-electron chi connectivity index (χ1n) is 3.77. The van der Waals surface area contributed by atoms with Crippen molar-refractivity contribution in [2.45, 2.75) is 19.0 Å². The first-order valence-corrected chi connectivity index (χ1v) is 3.77. The summed E-state index contributed by atoms with van der Waals surface area (Å²) in [7, 11) is 1.92. The van der Waals surface area contributed by atoms with E-state index in [9.17, 15) is 8.78 Å². The summed E-state index contributed by atoms with van der Waals surface area (Å²) < 4.78 is 28.8. The van der Waals surface area contributed by atoms with Gasteiger partial charge in [-0.05, 0) is 7.05 Å². The Hall–Kier alpha value is -0.220. The number of hydrogen-bond donors (Lipinski definition) is 0. The van der Waals surface area contributed by atoms with E-state index in [4.69, 9.17) is 4.74 Å². The number of hydrogen-bond acceptors (Lipinski definition) is 2. The average Bonchev–Trinajstić information content (AvgIpc) is 1.85. The van der Waals surface area contributed by atoms with E-state index in [-0.39, 0.29) is 12.5 Å². The van der Waals surface area contributed by atoms with Crippen molar-refractivity contribution in [2.75, 3.05) is 26.7 Å². The third-order valence-electron chi connectivity index (χ3n) is 1.78. The van der Waals surface area contributed by atoms with E-state index < -0.39 is 6.43 Å². The Morgan fingerprint density at radius 2 is 2.36 bits per heavy atom. The van der Waals surface area contributed by atoms with E-state index in [1.165, 1.54) is 0 Å². The minimum Gasteiger partial charge on any atom is -0.375 e. The highest BCUT2D eigenvalue weighted by Gasteiger charge is 2.20. The second-order valence-corrected chi connectivity index (χ2v) is 2.88. The van der Waals surface area contributed by atoms with Gasteiger partial charge in [-0.3, -0.25) is 0 Å². The maximum Gasteiger partial charge on any atom is 0.241 e. The fourth-order valence-electron chi connectivity index (χ4n) is 1.21. The third-order valence-corrected chi connectivity index (χ3v) is 1.78. The van der Waals surface area contributed by atoms with Gasteiger partial charge in [0.15, 0.2) is 0 Å². The van der Waals surface area contributed by atoms with Gasteiger partial charge in [-0.15, -0.1) is 0 Å². The van der Waals surface area contributed by atoms with E-state index in [0.717, 1.165) is 6.54 Å². The summed E-state index contributed by atoms with van der Waals surface area (Å²) in [6.07, 6.45) is -2.65. The lowest BCUT2D eigenvalue weighted by atomic mass is 10.2. The van der Waals surface area contributed by atoms with Crippen molar-refractivity contribution in [2.24, 2.45) is 0 Å². The standard InChI is InChI=1S/C7H13F2NO/c1-10-2-3-11-6(5-10)4-7(8)9/h6-7H,2-5H2,1H3. The molecule has 0 saturated carbocycles. The number of likely N-dealkylation sites (N-methyl/N-ethyl adjacent to an activating group) is 1. The van der Waals surface area contributed by atoms with Crippen molar-refractivity contribution in [1.29, 1.82) is 0 Å². The first kappa shape index (κ1) is 8.87. The van der Waals surface area contributed by atoms with Crippen LogP contribution in [0.5, 0.6) is 0 Å². The lowest BCUT2D eigenvalue weighted by Gasteiger charge is -2.29. The van der Waals surface area contributed by atoms with Gasteiger partial charge in [0.25, 0.3) is 0 Å². The van der Waals surface area contributed by atoms with Crippen LogP contribution in [0.25, 0.3) is 0 Å². The van der Waals surface area contributed by atoms with Crippen molar-refractivity contribution in [3.05, 3.63) is 0 Å². The van der Waals surface area contributed by atoms with E-state index in [0.29, 0.717) is 13.2 Å². The molecule has 0 aromatic rings. The monoisotopic (exact) mass is 165 g/mol. The van der Waals surface area contributed by atoms with Crippen molar-refractivity contribution in [3.8, 4) is 0 Å². The summed E-state index contributed by atoms with van der Waals surface area (Å²) in [5.41, 5.74) is 0. The van der Waals surface area contributed by atoms with Gasteiger partial charge in [-0.1, -0.05) is 0 Å². The van der Waals surface area contributed by atoms with Crippen LogP contribution in [0.15, 0.2) is 0 Å². The molecule has 0 aromatic heterocycles. The highest BCUT2D eigenvalue weighted by molar-refractivity contribution is 4.69. The largest absolute Gasteiger partial charge is 0.375 e. The van der Waals surface area contributed by atoms with Gasteiger partial charge in [-0.2, -0.15) is 0 Å². The number of ether oxygens (including phenoxy) is 1. The molecule has 11 heavy (non-hydrogen) atoms. The SMILES string of the molecule is CN1CCOC(CC(F)F)C1. The fraction of sp³-hybridized carbons (Fsp3) is 1.00. The van der Waals surface area contributed by atoms with E-state index in [1.807, 2.05) is 11.9 Å². The van der Waals surface area contributed by atoms with Crippen molar-refractivity contribution in [1.82, 2.24) is 4.90 Å². The van der Waals surface area contributed by atoms with Crippen LogP contribution in [0.3, 0.4) is 0 Å². The van der Waals surface area contributed by atoms with E-state index >= 15 is 0 Å². The average molecular weight is 165 g/mol. The number of halogens is 2. The highest BCUT2D eigenvalue weighted by Crippen LogP contribution is 2.11. The molecule has 1 fully saturated rings. The van der Waals surface area contributed by atoms with Crippen LogP contribution in [0, 0.1) is 0 Å². The zero-order valence-electron chi connectivity index (χ0n) is 6.59. The van der Waals surface area contributed by atoms with Gasteiger partial charge >= 0.3 is 0 Å². The minimum atomic E-state index is -2.24. The quantitative estimate of drug-likeness (QED) is 0.604. The van der Waals surface area contributed by atoms with Gasteiger partial charge in [0.1, 0.15) is 0 Å². The lowest BCUT2D eigenvalue weighted by Crippen LogP contribution is -2.40. The Balaban J connectivity index is 2.23. The molecule has 0 bridgehead atoms. The van der Waals surface area contributed by atoms with Gasteiger partial charge in [0.2, 0.25) is 6.43 Å². The summed E-state index contributed by atoms with van der Waals surface area (Å²) >= 11 is 0. The Morgan fingerprint density at radius 1 is 1.64 bits per heavy atom. The number of alkyl halides is 2. The van der Waals surface area contributed by atoms with Crippen molar-refractivity contribution < 1.29 is 13.5 Å². The molecule has 0 spiro atoms. The van der Waals surface area contributed by atoms with Crippen LogP contribution in [0.1, 0.15) is 6.42 Å². The molecule has 4 heteroatoms. The molecule has 0 aliphatic carbocycles. The summed E-state index contributed by atoms with van der Waals surface area (Å²) in [5.74, 6) is 0. The lowest BCUT2D eigenvalue weighted by molar-refractivity contribution is -0.0483. The molecule has 1 unspecified atom stereocenters. The zero-order valence-corrected chi connectivity index (χ0v) is 6.59. The predicted molar refractivity (Wildman–Crippen MR) is 37.9 cm³/mol. The number of rotatable bonds is 2. The second-order valence-electron chi connectivity index (χ2n) is 2.88. The molecule has 66 valence electrons. The summed E-state index contributed by atoms with van der Waals surface area (Å²) in [5, 5.41) is 0. The molecule has 0 radical (unpaired) electrons. The number of morpholine rings is 1. The third kappa shape index (κ3) is 3.12. The van der Waals surface area contributed by atoms with Crippen LogP contribution < -0.4 is 0 Å².